The van der Waals surface area contributed by atoms with E-state index in [9.17, 15) is 9.65 Å². The molecule has 4 atom stereocenters. The standard InChI is InChI=1S/C34H32ClF3N6O3S/c35-26-24(19-4-5-21(37)30-23(19)20(9-39)31(40)48-30)27(38)28-25-29(26)46-13-17-12-45-14-22(17)44(10-16-2-3-16)32(25)42-33(41-28)47-15-34-6-1-7-43(34)11-18(36)8-34/h4-5,16-18,22H,1-3,6-8,10-15,40H2/t17?,18-,22?,34+/m1/s1. The van der Waals surface area contributed by atoms with Gasteiger partial charge in [-0.1, -0.05) is 17.7 Å². The van der Waals surface area contributed by atoms with Crippen LogP contribution in [0.15, 0.2) is 12.1 Å². The van der Waals surface area contributed by atoms with Crippen molar-refractivity contribution in [2.24, 2.45) is 11.8 Å². The normalized spacial score (nSPS) is 26.7. The lowest BCUT2D eigenvalue weighted by molar-refractivity contribution is 0.107. The summed E-state index contributed by atoms with van der Waals surface area (Å²) in [5, 5.41) is 10.5. The van der Waals surface area contributed by atoms with Crippen molar-refractivity contribution in [3.8, 4) is 29.0 Å². The van der Waals surface area contributed by atoms with Crippen molar-refractivity contribution in [1.82, 2.24) is 14.9 Å². The number of hydrogen-bond donors (Lipinski definition) is 1. The molecule has 3 saturated heterocycles. The van der Waals surface area contributed by atoms with E-state index in [1.807, 2.05) is 0 Å². The van der Waals surface area contributed by atoms with Crippen LogP contribution in [0.5, 0.6) is 11.8 Å². The average Bonchev–Trinajstić information content (AvgIpc) is 3.32. The third-order valence-electron chi connectivity index (χ3n) is 10.8. The van der Waals surface area contributed by atoms with Gasteiger partial charge in [0.2, 0.25) is 0 Å². The molecule has 6 heterocycles. The predicted octanol–water partition coefficient (Wildman–Crippen LogP) is 6.48. The van der Waals surface area contributed by atoms with E-state index in [0.29, 0.717) is 49.8 Å². The van der Waals surface area contributed by atoms with Crippen LogP contribution in [0.1, 0.15) is 37.7 Å². The number of thiophene rings is 1. The molecule has 250 valence electrons. The zero-order chi connectivity index (χ0) is 32.9. The van der Waals surface area contributed by atoms with Gasteiger partial charge >= 0.3 is 6.01 Å². The van der Waals surface area contributed by atoms with Crippen molar-refractivity contribution < 1.29 is 27.4 Å². The van der Waals surface area contributed by atoms with Crippen molar-refractivity contribution in [2.75, 3.05) is 56.7 Å². The van der Waals surface area contributed by atoms with Gasteiger partial charge in [0.15, 0.2) is 11.6 Å². The molecule has 48 heavy (non-hydrogen) atoms. The topological polar surface area (TPSA) is 110 Å². The van der Waals surface area contributed by atoms with Crippen LogP contribution in [0.25, 0.3) is 32.1 Å². The number of nitrogens with two attached hydrogens (primary N) is 1. The van der Waals surface area contributed by atoms with Gasteiger partial charge in [-0.3, -0.25) is 4.90 Å². The summed E-state index contributed by atoms with van der Waals surface area (Å²) in [6.07, 6.45) is 3.32. The van der Waals surface area contributed by atoms with Crippen LogP contribution in [0.4, 0.5) is 24.0 Å². The molecule has 4 aliphatic heterocycles. The second-order valence-electron chi connectivity index (χ2n) is 13.8. The number of ether oxygens (including phenoxy) is 3. The number of nitrogen functional groups attached to an aromatic ring is 1. The number of aromatic nitrogens is 2. The van der Waals surface area contributed by atoms with Crippen LogP contribution in [-0.2, 0) is 4.74 Å². The Hall–Kier alpha value is -3.57. The lowest BCUT2D eigenvalue weighted by Gasteiger charge is -2.36. The minimum Gasteiger partial charge on any atom is -0.491 e. The zero-order valence-corrected chi connectivity index (χ0v) is 27.5. The fourth-order valence-corrected chi connectivity index (χ4v) is 9.56. The zero-order valence-electron chi connectivity index (χ0n) is 25.9. The van der Waals surface area contributed by atoms with Gasteiger partial charge in [0.25, 0.3) is 0 Å². The Labute approximate surface area is 283 Å². The first kappa shape index (κ1) is 30.5. The summed E-state index contributed by atoms with van der Waals surface area (Å²) < 4.78 is 65.8. The number of halogens is 4. The summed E-state index contributed by atoms with van der Waals surface area (Å²) in [4.78, 5) is 13.9. The van der Waals surface area contributed by atoms with E-state index < -0.39 is 23.3 Å². The molecule has 4 aromatic rings. The molecule has 14 heteroatoms. The summed E-state index contributed by atoms with van der Waals surface area (Å²) in [5.41, 5.74) is 5.74. The quantitative estimate of drug-likeness (QED) is 0.242. The molecule has 0 bridgehead atoms. The second kappa shape index (κ2) is 11.2. The minimum absolute atomic E-state index is 0.0128. The van der Waals surface area contributed by atoms with Gasteiger partial charge < -0.3 is 24.8 Å². The number of rotatable bonds is 6. The van der Waals surface area contributed by atoms with Crippen molar-refractivity contribution in [1.29, 1.82) is 5.26 Å². The van der Waals surface area contributed by atoms with E-state index >= 15 is 8.78 Å². The molecule has 4 fully saturated rings. The molecular weight excluding hydrogens is 665 g/mol. The Morgan fingerprint density at radius 2 is 2.04 bits per heavy atom. The van der Waals surface area contributed by atoms with Crippen LogP contribution in [0, 0.1) is 34.8 Å². The number of alkyl halides is 1. The Morgan fingerprint density at radius 1 is 1.19 bits per heavy atom. The number of fused-ring (bicyclic) bond motifs is 3. The maximum atomic E-state index is 17.3. The fourth-order valence-electron chi connectivity index (χ4n) is 8.27. The van der Waals surface area contributed by atoms with Crippen LogP contribution in [-0.4, -0.2) is 78.7 Å². The highest BCUT2D eigenvalue weighted by molar-refractivity contribution is 7.23. The fraction of sp³-hybridized carbons (Fsp3) is 0.500. The lowest BCUT2D eigenvalue weighted by atomic mass is 9.95. The van der Waals surface area contributed by atoms with Gasteiger partial charge in [-0.25, -0.2) is 13.2 Å². The summed E-state index contributed by atoms with van der Waals surface area (Å²) in [5.74, 6) is -0.277. The van der Waals surface area contributed by atoms with E-state index in [-0.39, 0.29) is 79.3 Å². The second-order valence-corrected chi connectivity index (χ2v) is 15.2. The Kier molecular flexibility index (Phi) is 7.13. The molecule has 9 nitrogen and oxygen atoms in total. The van der Waals surface area contributed by atoms with Crippen molar-refractivity contribution in [3.05, 3.63) is 34.4 Å². The molecule has 0 spiro atoms. The van der Waals surface area contributed by atoms with Crippen molar-refractivity contribution in [3.63, 3.8) is 0 Å². The van der Waals surface area contributed by atoms with Gasteiger partial charge in [0.05, 0.1) is 52.1 Å². The first-order valence-electron chi connectivity index (χ1n) is 16.4. The smallest absolute Gasteiger partial charge is 0.319 e. The molecule has 2 aromatic carbocycles. The Balaban J connectivity index is 1.28. The van der Waals surface area contributed by atoms with E-state index in [1.165, 1.54) is 12.1 Å². The highest BCUT2D eigenvalue weighted by atomic mass is 35.5. The van der Waals surface area contributed by atoms with Crippen LogP contribution in [0.2, 0.25) is 5.02 Å². The molecule has 9 rings (SSSR count). The number of nitrogens with zero attached hydrogens (tertiary/aromatic N) is 5. The van der Waals surface area contributed by atoms with Crippen LogP contribution < -0.4 is 20.1 Å². The monoisotopic (exact) mass is 696 g/mol. The molecule has 5 aliphatic rings. The van der Waals surface area contributed by atoms with E-state index in [4.69, 9.17) is 36.5 Å². The van der Waals surface area contributed by atoms with Gasteiger partial charge in [-0.2, -0.15) is 15.2 Å². The van der Waals surface area contributed by atoms with Crippen molar-refractivity contribution >= 4 is 54.7 Å². The highest BCUT2D eigenvalue weighted by Crippen LogP contribution is 2.52. The third-order valence-corrected chi connectivity index (χ3v) is 12.2. The summed E-state index contributed by atoms with van der Waals surface area (Å²) in [6, 6.07) is 4.57. The molecule has 2 N–H and O–H groups in total. The Bertz CT molecular complexity index is 2040. The largest absolute Gasteiger partial charge is 0.491 e. The van der Waals surface area contributed by atoms with Gasteiger partial charge in [-0.15, -0.1) is 11.3 Å². The number of hydrogen-bond acceptors (Lipinski definition) is 10. The molecule has 2 unspecified atom stereocenters. The van der Waals surface area contributed by atoms with Crippen LogP contribution in [0.3, 0.4) is 0 Å². The molecular formula is C34H32ClF3N6O3S. The minimum atomic E-state index is -0.938. The van der Waals surface area contributed by atoms with E-state index in [0.717, 1.165) is 43.6 Å². The third kappa shape index (κ3) is 4.63. The maximum absolute atomic E-state index is 17.3. The van der Waals surface area contributed by atoms with E-state index in [2.05, 4.69) is 20.9 Å². The summed E-state index contributed by atoms with van der Waals surface area (Å²) in [7, 11) is 0. The Morgan fingerprint density at radius 3 is 2.85 bits per heavy atom. The average molecular weight is 697 g/mol. The maximum Gasteiger partial charge on any atom is 0.319 e. The van der Waals surface area contributed by atoms with Gasteiger partial charge in [-0.05, 0) is 49.8 Å². The molecule has 1 aliphatic carbocycles. The molecule has 0 radical (unpaired) electrons. The SMILES string of the molecule is N#Cc1c(N)sc2c(F)ccc(-c3c(Cl)c4c5c(nc(OC[C@@]67CCCN6C[C@H](F)C7)nc5c3F)N(CC3CC3)C3COCC3CO4)c12. The number of nitriles is 1. The highest BCUT2D eigenvalue weighted by Gasteiger charge is 2.50. The van der Waals surface area contributed by atoms with Gasteiger partial charge in [0.1, 0.15) is 41.0 Å². The predicted molar refractivity (Wildman–Crippen MR) is 177 cm³/mol. The molecule has 2 aromatic heterocycles. The van der Waals surface area contributed by atoms with Crippen molar-refractivity contribution in [2.45, 2.75) is 49.9 Å². The van der Waals surface area contributed by atoms with E-state index in [1.54, 1.807) is 0 Å². The number of benzene rings is 2. The molecule has 1 saturated carbocycles. The first-order valence-corrected chi connectivity index (χ1v) is 17.6. The molecule has 0 amide bonds. The summed E-state index contributed by atoms with van der Waals surface area (Å²) >= 11 is 8.05. The van der Waals surface area contributed by atoms with Crippen LogP contribution >= 0.6 is 22.9 Å². The van der Waals surface area contributed by atoms with Gasteiger partial charge in [0, 0.05) is 36.4 Å². The lowest BCUT2D eigenvalue weighted by Crippen LogP contribution is -2.45. The first-order chi connectivity index (χ1) is 23.3. The summed E-state index contributed by atoms with van der Waals surface area (Å²) in [6.45, 7) is 3.23. The number of anilines is 2.